The van der Waals surface area contributed by atoms with Crippen LogP contribution in [0.5, 0.6) is 0 Å². The van der Waals surface area contributed by atoms with E-state index < -0.39 is 0 Å². The largest absolute Gasteiger partial charge is 0.396 e. The summed E-state index contributed by atoms with van der Waals surface area (Å²) in [5.41, 5.74) is 1.26. The van der Waals surface area contributed by atoms with Gasteiger partial charge in [0, 0.05) is 12.5 Å². The average molecular weight is 359 g/mol. The Hall–Kier alpha value is -1.16. The van der Waals surface area contributed by atoms with Crippen molar-refractivity contribution in [3.05, 3.63) is 48.0 Å². The molecular formula is C23H34O3. The summed E-state index contributed by atoms with van der Waals surface area (Å²) in [5, 5.41) is 9.34. The normalized spacial score (nSPS) is 28.3. The molecule has 4 atom stereocenters. The van der Waals surface area contributed by atoms with E-state index in [0.717, 1.165) is 25.9 Å². The molecule has 0 amide bonds. The molecule has 3 heteroatoms. The number of ether oxygens (including phenoxy) is 2. The SMILES string of the molecule is CC(C)(CO)CCC=CCC1C2CCC(O2)C1COCc1ccccc1. The van der Waals surface area contributed by atoms with Gasteiger partial charge in [-0.05, 0) is 49.0 Å². The topological polar surface area (TPSA) is 38.7 Å². The van der Waals surface area contributed by atoms with Crippen LogP contribution in [0.3, 0.4) is 0 Å². The summed E-state index contributed by atoms with van der Waals surface area (Å²) >= 11 is 0. The molecule has 0 saturated carbocycles. The summed E-state index contributed by atoms with van der Waals surface area (Å²) < 4.78 is 12.2. The van der Waals surface area contributed by atoms with Crippen LogP contribution in [0.25, 0.3) is 0 Å². The Morgan fingerprint density at radius 1 is 1.12 bits per heavy atom. The summed E-state index contributed by atoms with van der Waals surface area (Å²) in [6.45, 7) is 5.97. The van der Waals surface area contributed by atoms with Gasteiger partial charge in [0.2, 0.25) is 0 Å². The maximum Gasteiger partial charge on any atom is 0.0717 e. The van der Waals surface area contributed by atoms with Gasteiger partial charge in [0.1, 0.15) is 0 Å². The number of rotatable bonds is 10. The molecule has 1 aromatic rings. The van der Waals surface area contributed by atoms with Crippen molar-refractivity contribution in [2.24, 2.45) is 17.3 Å². The molecule has 0 aromatic heterocycles. The van der Waals surface area contributed by atoms with Gasteiger partial charge < -0.3 is 14.6 Å². The molecule has 0 spiro atoms. The summed E-state index contributed by atoms with van der Waals surface area (Å²) in [6.07, 6.45) is 11.0. The minimum Gasteiger partial charge on any atom is -0.396 e. The number of fused-ring (bicyclic) bond motifs is 2. The average Bonchev–Trinajstić information content (AvgIpc) is 3.24. The van der Waals surface area contributed by atoms with Crippen LogP contribution in [-0.2, 0) is 16.1 Å². The van der Waals surface area contributed by atoms with E-state index in [2.05, 4.69) is 50.3 Å². The van der Waals surface area contributed by atoms with Crippen LogP contribution >= 0.6 is 0 Å². The van der Waals surface area contributed by atoms with Crippen molar-refractivity contribution in [2.75, 3.05) is 13.2 Å². The molecule has 26 heavy (non-hydrogen) atoms. The van der Waals surface area contributed by atoms with Gasteiger partial charge in [0.15, 0.2) is 0 Å². The maximum atomic E-state index is 9.34. The fourth-order valence-corrected chi connectivity index (χ4v) is 4.24. The highest BCUT2D eigenvalue weighted by Gasteiger charge is 2.48. The third-order valence-corrected chi connectivity index (χ3v) is 6.00. The van der Waals surface area contributed by atoms with Crippen molar-refractivity contribution < 1.29 is 14.6 Å². The second-order valence-corrected chi connectivity index (χ2v) is 8.69. The van der Waals surface area contributed by atoms with Gasteiger partial charge in [-0.25, -0.2) is 0 Å². The smallest absolute Gasteiger partial charge is 0.0717 e. The molecule has 0 radical (unpaired) electrons. The first-order valence-electron chi connectivity index (χ1n) is 10.1. The summed E-state index contributed by atoms with van der Waals surface area (Å²) in [5.74, 6) is 1.11. The molecule has 2 bridgehead atoms. The Morgan fingerprint density at radius 3 is 2.58 bits per heavy atom. The predicted molar refractivity (Wildman–Crippen MR) is 105 cm³/mol. The second-order valence-electron chi connectivity index (χ2n) is 8.69. The number of allylic oxidation sites excluding steroid dienone is 2. The van der Waals surface area contributed by atoms with Crippen molar-refractivity contribution in [1.29, 1.82) is 0 Å². The summed E-state index contributed by atoms with van der Waals surface area (Å²) in [4.78, 5) is 0. The lowest BCUT2D eigenvalue weighted by atomic mass is 9.78. The Kier molecular flexibility index (Phi) is 6.91. The Balaban J connectivity index is 1.44. The molecule has 3 rings (SSSR count). The third kappa shape index (κ3) is 5.18. The number of aliphatic hydroxyl groups is 1. The first kappa shape index (κ1) is 19.6. The lowest BCUT2D eigenvalue weighted by molar-refractivity contribution is 0.0419. The highest BCUT2D eigenvalue weighted by molar-refractivity contribution is 5.13. The van der Waals surface area contributed by atoms with Crippen molar-refractivity contribution in [3.63, 3.8) is 0 Å². The Labute approximate surface area is 158 Å². The van der Waals surface area contributed by atoms with Crippen molar-refractivity contribution in [2.45, 2.75) is 64.8 Å². The van der Waals surface area contributed by atoms with Crippen LogP contribution in [0.2, 0.25) is 0 Å². The van der Waals surface area contributed by atoms with Gasteiger partial charge >= 0.3 is 0 Å². The van der Waals surface area contributed by atoms with Crippen LogP contribution in [0.1, 0.15) is 51.5 Å². The lowest BCUT2D eigenvalue weighted by Crippen LogP contribution is -2.30. The molecule has 0 aliphatic carbocycles. The van der Waals surface area contributed by atoms with Crippen LogP contribution in [0.15, 0.2) is 42.5 Å². The third-order valence-electron chi connectivity index (χ3n) is 6.00. The quantitative estimate of drug-likeness (QED) is 0.614. The predicted octanol–water partition coefficient (Wildman–Crippen LogP) is 4.74. The van der Waals surface area contributed by atoms with E-state index in [1.807, 2.05) is 6.07 Å². The van der Waals surface area contributed by atoms with Gasteiger partial charge in [-0.15, -0.1) is 0 Å². The van der Waals surface area contributed by atoms with Gasteiger partial charge in [-0.2, -0.15) is 0 Å². The molecule has 1 N–H and O–H groups in total. The first-order chi connectivity index (χ1) is 12.6. The van der Waals surface area contributed by atoms with Gasteiger partial charge in [-0.1, -0.05) is 56.3 Å². The molecule has 4 unspecified atom stereocenters. The fraction of sp³-hybridized carbons (Fsp3) is 0.652. The van der Waals surface area contributed by atoms with Crippen LogP contribution in [-0.4, -0.2) is 30.5 Å². The molecule has 2 saturated heterocycles. The molecule has 1 aromatic carbocycles. The van der Waals surface area contributed by atoms with Crippen LogP contribution in [0, 0.1) is 17.3 Å². The molecule has 2 aliphatic rings. The maximum absolute atomic E-state index is 9.34. The van der Waals surface area contributed by atoms with Crippen LogP contribution in [0.4, 0.5) is 0 Å². The van der Waals surface area contributed by atoms with E-state index in [4.69, 9.17) is 9.47 Å². The molecule has 144 valence electrons. The number of hydrogen-bond donors (Lipinski definition) is 1. The standard InChI is InChI=1S/C23H34O3/c1-23(2,17-24)14-8-4-7-11-19-20(22-13-12-21(19)26-22)16-25-15-18-9-5-3-6-10-18/h3-7,9-10,19-22,24H,8,11-17H2,1-2H3. The van der Waals surface area contributed by atoms with E-state index in [-0.39, 0.29) is 12.0 Å². The number of hydrogen-bond acceptors (Lipinski definition) is 3. The summed E-state index contributed by atoms with van der Waals surface area (Å²) in [7, 11) is 0. The van der Waals surface area contributed by atoms with Gasteiger partial charge in [0.25, 0.3) is 0 Å². The molecule has 2 heterocycles. The highest BCUT2D eigenvalue weighted by atomic mass is 16.5. The van der Waals surface area contributed by atoms with Crippen molar-refractivity contribution in [1.82, 2.24) is 0 Å². The minimum atomic E-state index is 0.0215. The van der Waals surface area contributed by atoms with E-state index in [9.17, 15) is 5.11 Å². The van der Waals surface area contributed by atoms with E-state index >= 15 is 0 Å². The van der Waals surface area contributed by atoms with E-state index in [0.29, 0.717) is 30.7 Å². The second kappa shape index (κ2) is 9.16. The van der Waals surface area contributed by atoms with Gasteiger partial charge in [0.05, 0.1) is 25.4 Å². The first-order valence-corrected chi connectivity index (χ1v) is 10.1. The van der Waals surface area contributed by atoms with Crippen molar-refractivity contribution >= 4 is 0 Å². The van der Waals surface area contributed by atoms with Gasteiger partial charge in [-0.3, -0.25) is 0 Å². The fourth-order valence-electron chi connectivity index (χ4n) is 4.24. The number of aliphatic hydroxyl groups excluding tert-OH is 1. The highest BCUT2D eigenvalue weighted by Crippen LogP contribution is 2.45. The van der Waals surface area contributed by atoms with E-state index in [1.54, 1.807) is 0 Å². The monoisotopic (exact) mass is 358 g/mol. The lowest BCUT2D eigenvalue weighted by Gasteiger charge is -2.27. The zero-order valence-corrected chi connectivity index (χ0v) is 16.3. The van der Waals surface area contributed by atoms with Crippen LogP contribution < -0.4 is 0 Å². The summed E-state index contributed by atoms with van der Waals surface area (Å²) in [6, 6.07) is 10.4. The molecule has 3 nitrogen and oxygen atoms in total. The Bertz CT molecular complexity index is 566. The minimum absolute atomic E-state index is 0.0215. The Morgan fingerprint density at radius 2 is 1.85 bits per heavy atom. The zero-order valence-electron chi connectivity index (χ0n) is 16.3. The molecule has 2 aliphatic heterocycles. The van der Waals surface area contributed by atoms with E-state index in [1.165, 1.54) is 18.4 Å². The number of benzene rings is 1. The zero-order chi connectivity index (χ0) is 18.4. The van der Waals surface area contributed by atoms with Crippen molar-refractivity contribution in [3.8, 4) is 0 Å². The molecule has 2 fully saturated rings. The molecular weight excluding hydrogens is 324 g/mol.